The number of hydrogen-bond donors (Lipinski definition) is 0. The first kappa shape index (κ1) is 17.0. The van der Waals surface area contributed by atoms with E-state index in [2.05, 4.69) is 46.1 Å². The minimum atomic E-state index is 0.312. The number of hydrogen-bond acceptors (Lipinski definition) is 4. The number of rotatable bonds is 4. The number of ether oxygens (including phenoxy) is 1. The molecule has 0 saturated heterocycles. The van der Waals surface area contributed by atoms with Gasteiger partial charge in [-0.2, -0.15) is 4.98 Å². The van der Waals surface area contributed by atoms with Crippen molar-refractivity contribution >= 4 is 0 Å². The summed E-state index contributed by atoms with van der Waals surface area (Å²) in [6.45, 7) is 4.11. The molecule has 2 aromatic carbocycles. The molecule has 4 aromatic rings. The Balaban J connectivity index is 1.71. The predicted molar refractivity (Wildman–Crippen MR) is 106 cm³/mol. The van der Waals surface area contributed by atoms with Crippen molar-refractivity contribution < 1.29 is 4.74 Å². The van der Waals surface area contributed by atoms with Gasteiger partial charge in [0, 0.05) is 18.8 Å². The van der Waals surface area contributed by atoms with Crippen molar-refractivity contribution in [1.29, 1.82) is 0 Å². The summed E-state index contributed by atoms with van der Waals surface area (Å²) in [7, 11) is 1.96. The molecule has 0 aliphatic heterocycles. The molecule has 0 atom stereocenters. The zero-order valence-corrected chi connectivity index (χ0v) is 15.5. The van der Waals surface area contributed by atoms with Gasteiger partial charge in [-0.15, -0.1) is 0 Å². The summed E-state index contributed by atoms with van der Waals surface area (Å²) in [6.07, 6.45) is 3.50. The van der Waals surface area contributed by atoms with E-state index in [1.165, 1.54) is 11.1 Å². The molecule has 2 heterocycles. The highest BCUT2D eigenvalue weighted by atomic mass is 16.5. The molecule has 2 aromatic heterocycles. The van der Waals surface area contributed by atoms with Gasteiger partial charge in [0.15, 0.2) is 0 Å². The maximum atomic E-state index is 5.82. The van der Waals surface area contributed by atoms with Crippen LogP contribution in [0.5, 0.6) is 11.8 Å². The lowest BCUT2D eigenvalue weighted by Gasteiger charge is -2.08. The Bertz CT molecular complexity index is 1070. The van der Waals surface area contributed by atoms with Crippen LogP contribution in [0.4, 0.5) is 0 Å². The van der Waals surface area contributed by atoms with Gasteiger partial charge >= 0.3 is 6.01 Å². The second-order valence-corrected chi connectivity index (χ2v) is 6.56. The van der Waals surface area contributed by atoms with E-state index >= 15 is 0 Å². The number of aryl methyl sites for hydroxylation is 3. The summed E-state index contributed by atoms with van der Waals surface area (Å²) < 4.78 is 7.79. The van der Waals surface area contributed by atoms with Crippen LogP contribution in [0.2, 0.25) is 0 Å². The molecule has 5 heteroatoms. The van der Waals surface area contributed by atoms with Gasteiger partial charge in [0.05, 0.1) is 23.4 Å². The van der Waals surface area contributed by atoms with Crippen LogP contribution in [-0.2, 0) is 7.05 Å². The topological polar surface area (TPSA) is 52.8 Å². The van der Waals surface area contributed by atoms with Gasteiger partial charge in [-0.1, -0.05) is 47.5 Å². The fourth-order valence-corrected chi connectivity index (χ4v) is 2.89. The lowest BCUT2D eigenvalue weighted by molar-refractivity contribution is 0.442. The normalized spacial score (nSPS) is 10.8. The molecule has 0 bridgehead atoms. The monoisotopic (exact) mass is 356 g/mol. The van der Waals surface area contributed by atoms with E-state index in [1.807, 2.05) is 48.9 Å². The van der Waals surface area contributed by atoms with Gasteiger partial charge < -0.3 is 9.30 Å². The average Bonchev–Trinajstić information content (AvgIpc) is 3.06. The number of benzene rings is 2. The fourth-order valence-electron chi connectivity index (χ4n) is 2.89. The number of nitrogens with zero attached hydrogens (tertiary/aromatic N) is 4. The first-order valence-corrected chi connectivity index (χ1v) is 8.76. The molecular formula is C22H20N4O. The van der Waals surface area contributed by atoms with Crippen LogP contribution in [-0.4, -0.2) is 19.5 Å². The van der Waals surface area contributed by atoms with E-state index in [0.717, 1.165) is 22.6 Å². The quantitative estimate of drug-likeness (QED) is 0.519. The first-order valence-electron chi connectivity index (χ1n) is 8.76. The van der Waals surface area contributed by atoms with Crippen LogP contribution in [0, 0.1) is 13.8 Å². The van der Waals surface area contributed by atoms with Gasteiger partial charge in [-0.3, -0.25) is 0 Å². The highest BCUT2D eigenvalue weighted by molar-refractivity contribution is 5.76. The van der Waals surface area contributed by atoms with Crippen molar-refractivity contribution in [1.82, 2.24) is 19.5 Å². The Hall–Kier alpha value is -3.47. The first-order chi connectivity index (χ1) is 13.1. The molecule has 0 saturated carbocycles. The number of imidazole rings is 1. The largest absolute Gasteiger partial charge is 0.424 e. The summed E-state index contributed by atoms with van der Waals surface area (Å²) in [6, 6.07) is 18.3. The molecule has 0 spiro atoms. The smallest absolute Gasteiger partial charge is 0.322 e. The van der Waals surface area contributed by atoms with Crippen LogP contribution in [0.25, 0.3) is 22.6 Å². The molecule has 0 fully saturated rings. The third-order valence-corrected chi connectivity index (χ3v) is 4.37. The third-order valence-electron chi connectivity index (χ3n) is 4.37. The Labute approximate surface area is 158 Å². The lowest BCUT2D eigenvalue weighted by Crippen LogP contribution is -1.98. The van der Waals surface area contributed by atoms with Crippen molar-refractivity contribution in [2.75, 3.05) is 0 Å². The predicted octanol–water partition coefficient (Wildman–Crippen LogP) is 4.95. The number of aromatic nitrogens is 4. The van der Waals surface area contributed by atoms with Crippen LogP contribution in [0.3, 0.4) is 0 Å². The highest BCUT2D eigenvalue weighted by Crippen LogP contribution is 2.30. The van der Waals surface area contributed by atoms with Crippen molar-refractivity contribution in [3.05, 3.63) is 78.2 Å². The Morgan fingerprint density at radius 1 is 0.815 bits per heavy atom. The standard InChI is InChI=1S/C22H20N4O/c1-15-4-8-17(9-5-15)20-21(26(3)14-24-20)19-12-13-23-22(25-19)27-18-10-6-16(2)7-11-18/h4-14H,1-3H3. The van der Waals surface area contributed by atoms with Gasteiger partial charge in [-0.25, -0.2) is 9.97 Å². The van der Waals surface area contributed by atoms with Crippen LogP contribution < -0.4 is 4.74 Å². The van der Waals surface area contributed by atoms with Crippen molar-refractivity contribution in [2.24, 2.45) is 7.05 Å². The van der Waals surface area contributed by atoms with Crippen molar-refractivity contribution in [3.8, 4) is 34.4 Å². The molecule has 5 nitrogen and oxygen atoms in total. The van der Waals surface area contributed by atoms with E-state index in [0.29, 0.717) is 11.8 Å². The molecule has 0 amide bonds. The molecule has 134 valence electrons. The molecule has 0 unspecified atom stereocenters. The van der Waals surface area contributed by atoms with E-state index in [9.17, 15) is 0 Å². The van der Waals surface area contributed by atoms with E-state index in [-0.39, 0.29) is 0 Å². The highest BCUT2D eigenvalue weighted by Gasteiger charge is 2.15. The summed E-state index contributed by atoms with van der Waals surface area (Å²) in [5, 5.41) is 0. The van der Waals surface area contributed by atoms with Gasteiger partial charge in [-0.05, 0) is 32.0 Å². The lowest BCUT2D eigenvalue weighted by atomic mass is 10.1. The van der Waals surface area contributed by atoms with E-state index in [4.69, 9.17) is 4.74 Å². The van der Waals surface area contributed by atoms with Crippen LogP contribution >= 0.6 is 0 Å². The Morgan fingerprint density at radius 3 is 2.19 bits per heavy atom. The minimum absolute atomic E-state index is 0.312. The summed E-state index contributed by atoms with van der Waals surface area (Å²) >= 11 is 0. The van der Waals surface area contributed by atoms with E-state index in [1.54, 1.807) is 12.5 Å². The Kier molecular flexibility index (Phi) is 4.42. The molecule has 0 radical (unpaired) electrons. The third kappa shape index (κ3) is 3.58. The fraction of sp³-hybridized carbons (Fsp3) is 0.136. The molecule has 0 N–H and O–H groups in total. The summed E-state index contributed by atoms with van der Waals surface area (Å²) in [4.78, 5) is 13.4. The van der Waals surface area contributed by atoms with Gasteiger partial charge in [0.25, 0.3) is 0 Å². The summed E-state index contributed by atoms with van der Waals surface area (Å²) in [5.41, 5.74) is 6.02. The van der Waals surface area contributed by atoms with E-state index < -0.39 is 0 Å². The molecule has 0 aliphatic rings. The van der Waals surface area contributed by atoms with Gasteiger partial charge in [0.2, 0.25) is 0 Å². The average molecular weight is 356 g/mol. The maximum Gasteiger partial charge on any atom is 0.322 e. The molecule has 0 aliphatic carbocycles. The van der Waals surface area contributed by atoms with Gasteiger partial charge in [0.1, 0.15) is 5.75 Å². The zero-order chi connectivity index (χ0) is 18.8. The molecule has 27 heavy (non-hydrogen) atoms. The SMILES string of the molecule is Cc1ccc(Oc2nccc(-c3c(-c4ccc(C)cc4)ncn3C)n2)cc1. The molecular weight excluding hydrogens is 336 g/mol. The zero-order valence-electron chi connectivity index (χ0n) is 15.5. The second-order valence-electron chi connectivity index (χ2n) is 6.56. The Morgan fingerprint density at radius 2 is 1.48 bits per heavy atom. The molecule has 4 rings (SSSR count). The second kappa shape index (κ2) is 7.03. The minimum Gasteiger partial charge on any atom is -0.424 e. The summed E-state index contributed by atoms with van der Waals surface area (Å²) in [5.74, 6) is 0.710. The van der Waals surface area contributed by atoms with Crippen LogP contribution in [0.1, 0.15) is 11.1 Å². The maximum absolute atomic E-state index is 5.82. The van der Waals surface area contributed by atoms with Crippen molar-refractivity contribution in [2.45, 2.75) is 13.8 Å². The van der Waals surface area contributed by atoms with Crippen molar-refractivity contribution in [3.63, 3.8) is 0 Å². The van der Waals surface area contributed by atoms with Crippen LogP contribution in [0.15, 0.2) is 67.1 Å².